The maximum atomic E-state index is 10.9. The van der Waals surface area contributed by atoms with Crippen LogP contribution in [0.1, 0.15) is 12.5 Å². The molecule has 0 aliphatic carbocycles. The Balaban J connectivity index is 2.97. The lowest BCUT2D eigenvalue weighted by Gasteiger charge is -2.20. The molecule has 0 fully saturated rings. The number of aliphatic carboxylic acids is 1. The van der Waals surface area contributed by atoms with Gasteiger partial charge in [-0.2, -0.15) is 0 Å². The molecule has 18 heavy (non-hydrogen) atoms. The molecule has 0 bridgehead atoms. The van der Waals surface area contributed by atoms with Crippen LogP contribution in [-0.4, -0.2) is 34.0 Å². The highest BCUT2D eigenvalue weighted by molar-refractivity contribution is 9.10. The Kier molecular flexibility index (Phi) is 4.80. The third-order valence-corrected chi connectivity index (χ3v) is 3.18. The van der Waals surface area contributed by atoms with Crippen molar-refractivity contribution in [1.82, 2.24) is 4.90 Å². The molecule has 7 heteroatoms. The molecule has 1 aromatic rings. The number of carboxylic acids is 1. The Hall–Kier alpha value is -1.47. The van der Waals surface area contributed by atoms with Gasteiger partial charge < -0.3 is 5.11 Å². The molecule has 1 unspecified atom stereocenters. The highest BCUT2D eigenvalue weighted by Crippen LogP contribution is 2.24. The van der Waals surface area contributed by atoms with E-state index < -0.39 is 16.9 Å². The van der Waals surface area contributed by atoms with Crippen molar-refractivity contribution < 1.29 is 14.8 Å². The van der Waals surface area contributed by atoms with Gasteiger partial charge in [-0.1, -0.05) is 15.9 Å². The van der Waals surface area contributed by atoms with Crippen molar-refractivity contribution in [2.45, 2.75) is 19.5 Å². The summed E-state index contributed by atoms with van der Waals surface area (Å²) in [5.41, 5.74) is 0.465. The number of nitro groups is 1. The second-order valence-electron chi connectivity index (χ2n) is 3.96. The number of rotatable bonds is 5. The van der Waals surface area contributed by atoms with E-state index in [1.165, 1.54) is 13.0 Å². The first-order valence-electron chi connectivity index (χ1n) is 5.18. The highest BCUT2D eigenvalue weighted by Gasteiger charge is 2.21. The summed E-state index contributed by atoms with van der Waals surface area (Å²) in [4.78, 5) is 22.8. The number of nitrogens with zero attached hydrogens (tertiary/aromatic N) is 2. The molecule has 1 aromatic carbocycles. The SMILES string of the molecule is CC(C(=O)O)N(C)Cc1ccc(Br)cc1[N+](=O)[O-]. The lowest BCUT2D eigenvalue weighted by Crippen LogP contribution is -2.35. The Labute approximate surface area is 112 Å². The summed E-state index contributed by atoms with van der Waals surface area (Å²) in [6, 6.07) is 4.03. The quantitative estimate of drug-likeness (QED) is 0.665. The number of nitro benzene ring substituents is 1. The molecule has 1 rings (SSSR count). The van der Waals surface area contributed by atoms with Gasteiger partial charge >= 0.3 is 5.97 Å². The first-order chi connectivity index (χ1) is 8.32. The predicted molar refractivity (Wildman–Crippen MR) is 69.4 cm³/mol. The zero-order chi connectivity index (χ0) is 13.9. The zero-order valence-corrected chi connectivity index (χ0v) is 11.5. The maximum absolute atomic E-state index is 10.9. The Morgan fingerprint density at radius 3 is 2.72 bits per heavy atom. The summed E-state index contributed by atoms with van der Waals surface area (Å²) in [5.74, 6) is -0.961. The average molecular weight is 317 g/mol. The van der Waals surface area contributed by atoms with Crippen LogP contribution in [0.15, 0.2) is 22.7 Å². The summed E-state index contributed by atoms with van der Waals surface area (Å²) in [6.45, 7) is 1.74. The summed E-state index contributed by atoms with van der Waals surface area (Å²) in [7, 11) is 1.62. The van der Waals surface area contributed by atoms with E-state index in [1.807, 2.05) is 0 Å². The third kappa shape index (κ3) is 3.51. The van der Waals surface area contributed by atoms with E-state index >= 15 is 0 Å². The van der Waals surface area contributed by atoms with Crippen molar-refractivity contribution in [3.8, 4) is 0 Å². The van der Waals surface area contributed by atoms with E-state index in [0.717, 1.165) is 0 Å². The first kappa shape index (κ1) is 14.6. The molecule has 0 aromatic heterocycles. The number of halogens is 1. The summed E-state index contributed by atoms with van der Waals surface area (Å²) >= 11 is 3.17. The van der Waals surface area contributed by atoms with E-state index in [0.29, 0.717) is 10.0 Å². The lowest BCUT2D eigenvalue weighted by molar-refractivity contribution is -0.385. The number of hydrogen-bond donors (Lipinski definition) is 1. The fourth-order valence-electron chi connectivity index (χ4n) is 1.43. The van der Waals surface area contributed by atoms with Crippen LogP contribution in [0.4, 0.5) is 5.69 Å². The molecule has 1 N–H and O–H groups in total. The van der Waals surface area contributed by atoms with Crippen LogP contribution in [-0.2, 0) is 11.3 Å². The van der Waals surface area contributed by atoms with Gasteiger partial charge in [0.05, 0.1) is 4.92 Å². The molecule has 0 aliphatic heterocycles. The minimum atomic E-state index is -0.961. The zero-order valence-electron chi connectivity index (χ0n) is 9.96. The predicted octanol–water partition coefficient (Wildman–Crippen LogP) is 2.26. The molecule has 0 radical (unpaired) electrons. The smallest absolute Gasteiger partial charge is 0.320 e. The summed E-state index contributed by atoms with van der Waals surface area (Å²) < 4.78 is 0.617. The number of carbonyl (C=O) groups is 1. The van der Waals surface area contributed by atoms with Crippen LogP contribution in [0.3, 0.4) is 0 Å². The first-order valence-corrected chi connectivity index (χ1v) is 5.98. The van der Waals surface area contributed by atoms with Crippen LogP contribution in [0.2, 0.25) is 0 Å². The minimum absolute atomic E-state index is 0.0196. The molecule has 0 heterocycles. The monoisotopic (exact) mass is 316 g/mol. The highest BCUT2D eigenvalue weighted by atomic mass is 79.9. The molecular formula is C11H13BrN2O4. The van der Waals surface area contributed by atoms with Crippen LogP contribution in [0, 0.1) is 10.1 Å². The number of carboxylic acid groups (broad SMARTS) is 1. The van der Waals surface area contributed by atoms with Gasteiger partial charge in [0.15, 0.2) is 0 Å². The second kappa shape index (κ2) is 5.92. The minimum Gasteiger partial charge on any atom is -0.480 e. The van der Waals surface area contributed by atoms with Crippen LogP contribution in [0.25, 0.3) is 0 Å². The number of benzene rings is 1. The van der Waals surface area contributed by atoms with E-state index in [9.17, 15) is 14.9 Å². The molecular weight excluding hydrogens is 304 g/mol. The van der Waals surface area contributed by atoms with Gasteiger partial charge in [-0.3, -0.25) is 19.8 Å². The van der Waals surface area contributed by atoms with Gasteiger partial charge in [0, 0.05) is 22.6 Å². The van der Waals surface area contributed by atoms with Crippen molar-refractivity contribution >= 4 is 27.6 Å². The van der Waals surface area contributed by atoms with Gasteiger partial charge in [-0.05, 0) is 26.1 Å². The van der Waals surface area contributed by atoms with Gasteiger partial charge in [-0.15, -0.1) is 0 Å². The van der Waals surface area contributed by atoms with E-state index in [4.69, 9.17) is 5.11 Å². The van der Waals surface area contributed by atoms with Crippen molar-refractivity contribution in [2.75, 3.05) is 7.05 Å². The molecule has 0 spiro atoms. The normalized spacial score (nSPS) is 12.4. The topological polar surface area (TPSA) is 83.7 Å². The third-order valence-electron chi connectivity index (χ3n) is 2.68. The Morgan fingerprint density at radius 2 is 2.22 bits per heavy atom. The fraction of sp³-hybridized carbons (Fsp3) is 0.364. The van der Waals surface area contributed by atoms with E-state index in [-0.39, 0.29) is 12.2 Å². The van der Waals surface area contributed by atoms with Crippen LogP contribution < -0.4 is 0 Å². The molecule has 98 valence electrons. The largest absolute Gasteiger partial charge is 0.480 e. The Bertz CT molecular complexity index is 478. The molecule has 0 amide bonds. The number of likely N-dealkylation sites (N-methyl/N-ethyl adjacent to an activating group) is 1. The molecule has 0 saturated carbocycles. The van der Waals surface area contributed by atoms with Gasteiger partial charge in [0.1, 0.15) is 6.04 Å². The van der Waals surface area contributed by atoms with Crippen LogP contribution >= 0.6 is 15.9 Å². The van der Waals surface area contributed by atoms with Crippen molar-refractivity contribution in [1.29, 1.82) is 0 Å². The average Bonchev–Trinajstić information content (AvgIpc) is 2.29. The van der Waals surface area contributed by atoms with Gasteiger partial charge in [0.2, 0.25) is 0 Å². The van der Waals surface area contributed by atoms with Crippen molar-refractivity contribution in [2.24, 2.45) is 0 Å². The number of hydrogen-bond acceptors (Lipinski definition) is 4. The Morgan fingerprint density at radius 1 is 1.61 bits per heavy atom. The standard InChI is InChI=1S/C11H13BrN2O4/c1-7(11(15)16)13(2)6-8-3-4-9(12)5-10(8)14(17)18/h3-5,7H,6H2,1-2H3,(H,15,16). The molecule has 6 nitrogen and oxygen atoms in total. The van der Waals surface area contributed by atoms with Gasteiger partial charge in [-0.25, -0.2) is 0 Å². The van der Waals surface area contributed by atoms with Gasteiger partial charge in [0.25, 0.3) is 5.69 Å². The van der Waals surface area contributed by atoms with E-state index in [1.54, 1.807) is 24.1 Å². The van der Waals surface area contributed by atoms with Crippen LogP contribution in [0.5, 0.6) is 0 Å². The molecule has 0 aliphatic rings. The lowest BCUT2D eigenvalue weighted by atomic mass is 10.1. The van der Waals surface area contributed by atoms with Crippen molar-refractivity contribution in [3.05, 3.63) is 38.3 Å². The molecule has 1 atom stereocenters. The van der Waals surface area contributed by atoms with Crippen molar-refractivity contribution in [3.63, 3.8) is 0 Å². The summed E-state index contributed by atoms with van der Waals surface area (Å²) in [6.07, 6.45) is 0. The summed E-state index contributed by atoms with van der Waals surface area (Å²) in [5, 5.41) is 19.8. The maximum Gasteiger partial charge on any atom is 0.320 e. The fourth-order valence-corrected chi connectivity index (χ4v) is 1.78. The molecule has 0 saturated heterocycles. The van der Waals surface area contributed by atoms with E-state index in [2.05, 4.69) is 15.9 Å². The second-order valence-corrected chi connectivity index (χ2v) is 4.88.